The molecule has 140 valence electrons. The lowest BCUT2D eigenvalue weighted by atomic mass is 9.97. The van der Waals surface area contributed by atoms with E-state index in [9.17, 15) is 4.79 Å². The monoisotopic (exact) mass is 363 g/mol. The molecule has 0 saturated carbocycles. The molecule has 0 aliphatic rings. The first kappa shape index (κ1) is 18.8. The van der Waals surface area contributed by atoms with Gasteiger partial charge in [0.15, 0.2) is 0 Å². The third-order valence-electron chi connectivity index (χ3n) is 4.56. The highest BCUT2D eigenvalue weighted by molar-refractivity contribution is 5.96. The van der Waals surface area contributed by atoms with Crippen LogP contribution in [0.5, 0.6) is 11.5 Å². The van der Waals surface area contributed by atoms with E-state index in [2.05, 4.69) is 18.3 Å². The Balaban J connectivity index is 1.70. The SMILES string of the molecule is CCCOc1ccc(NC(=O)[C@@H](C)c2ccc3cc(OC)ccc3c2)cc1. The van der Waals surface area contributed by atoms with E-state index in [0.717, 1.165) is 39.9 Å². The van der Waals surface area contributed by atoms with E-state index in [0.29, 0.717) is 6.61 Å². The summed E-state index contributed by atoms with van der Waals surface area (Å²) in [5.41, 5.74) is 1.74. The Morgan fingerprint density at radius 1 is 0.963 bits per heavy atom. The minimum absolute atomic E-state index is 0.0370. The summed E-state index contributed by atoms with van der Waals surface area (Å²) in [5, 5.41) is 5.15. The number of methoxy groups -OCH3 is 1. The number of benzene rings is 3. The van der Waals surface area contributed by atoms with Crippen LogP contribution in [0.3, 0.4) is 0 Å². The second-order valence-electron chi connectivity index (χ2n) is 6.56. The minimum Gasteiger partial charge on any atom is -0.497 e. The van der Waals surface area contributed by atoms with Crippen LogP contribution in [0.2, 0.25) is 0 Å². The molecule has 4 nitrogen and oxygen atoms in total. The number of carbonyl (C=O) groups is 1. The molecule has 0 saturated heterocycles. The van der Waals surface area contributed by atoms with Crippen molar-refractivity contribution in [3.05, 3.63) is 66.2 Å². The maximum atomic E-state index is 12.6. The lowest BCUT2D eigenvalue weighted by Crippen LogP contribution is -2.18. The molecule has 1 N–H and O–H groups in total. The van der Waals surface area contributed by atoms with Gasteiger partial charge in [0.25, 0.3) is 0 Å². The Morgan fingerprint density at radius 2 is 1.63 bits per heavy atom. The van der Waals surface area contributed by atoms with E-state index in [1.165, 1.54) is 0 Å². The second kappa shape index (κ2) is 8.58. The van der Waals surface area contributed by atoms with Gasteiger partial charge in [0.05, 0.1) is 19.6 Å². The van der Waals surface area contributed by atoms with Crippen molar-refractivity contribution < 1.29 is 14.3 Å². The van der Waals surface area contributed by atoms with Crippen molar-refractivity contribution in [3.8, 4) is 11.5 Å². The summed E-state index contributed by atoms with van der Waals surface area (Å²) < 4.78 is 10.8. The van der Waals surface area contributed by atoms with Crippen molar-refractivity contribution in [2.45, 2.75) is 26.2 Å². The zero-order valence-corrected chi connectivity index (χ0v) is 16.0. The van der Waals surface area contributed by atoms with E-state index in [1.54, 1.807) is 7.11 Å². The van der Waals surface area contributed by atoms with Gasteiger partial charge in [-0.05, 0) is 66.1 Å². The van der Waals surface area contributed by atoms with Gasteiger partial charge in [-0.2, -0.15) is 0 Å². The summed E-state index contributed by atoms with van der Waals surface area (Å²) in [6.07, 6.45) is 0.967. The fourth-order valence-electron chi connectivity index (χ4n) is 2.89. The van der Waals surface area contributed by atoms with Crippen molar-refractivity contribution in [2.75, 3.05) is 19.0 Å². The van der Waals surface area contributed by atoms with Crippen LogP contribution in [0.4, 0.5) is 5.69 Å². The van der Waals surface area contributed by atoms with Crippen molar-refractivity contribution in [2.24, 2.45) is 0 Å². The number of fused-ring (bicyclic) bond motifs is 1. The van der Waals surface area contributed by atoms with E-state index in [4.69, 9.17) is 9.47 Å². The van der Waals surface area contributed by atoms with Gasteiger partial charge in [-0.15, -0.1) is 0 Å². The van der Waals surface area contributed by atoms with Crippen LogP contribution in [0.1, 0.15) is 31.7 Å². The molecule has 0 radical (unpaired) electrons. The number of anilines is 1. The molecule has 3 aromatic rings. The first-order valence-electron chi connectivity index (χ1n) is 9.22. The third-order valence-corrected chi connectivity index (χ3v) is 4.56. The normalized spacial score (nSPS) is 11.8. The molecule has 0 aliphatic heterocycles. The van der Waals surface area contributed by atoms with Crippen molar-refractivity contribution in [3.63, 3.8) is 0 Å². The second-order valence-corrected chi connectivity index (χ2v) is 6.56. The van der Waals surface area contributed by atoms with E-state index in [-0.39, 0.29) is 11.8 Å². The molecule has 0 unspecified atom stereocenters. The average molecular weight is 363 g/mol. The number of ether oxygens (including phenoxy) is 2. The number of carbonyl (C=O) groups excluding carboxylic acids is 1. The minimum atomic E-state index is -0.257. The van der Waals surface area contributed by atoms with Crippen molar-refractivity contribution in [1.82, 2.24) is 0 Å². The number of hydrogen-bond donors (Lipinski definition) is 1. The Kier molecular flexibility index (Phi) is 5.97. The molecule has 0 bridgehead atoms. The van der Waals surface area contributed by atoms with Crippen molar-refractivity contribution >= 4 is 22.4 Å². The Labute approximate surface area is 160 Å². The fourth-order valence-corrected chi connectivity index (χ4v) is 2.89. The zero-order valence-electron chi connectivity index (χ0n) is 16.0. The highest BCUT2D eigenvalue weighted by Crippen LogP contribution is 2.26. The van der Waals surface area contributed by atoms with Gasteiger partial charge in [-0.1, -0.05) is 31.2 Å². The molecule has 1 atom stereocenters. The van der Waals surface area contributed by atoms with Gasteiger partial charge in [0.1, 0.15) is 11.5 Å². The molecule has 0 fully saturated rings. The van der Waals surface area contributed by atoms with Gasteiger partial charge in [0, 0.05) is 5.69 Å². The van der Waals surface area contributed by atoms with Crippen LogP contribution in [0.25, 0.3) is 10.8 Å². The predicted molar refractivity (Wildman–Crippen MR) is 110 cm³/mol. The summed E-state index contributed by atoms with van der Waals surface area (Å²) in [6, 6.07) is 19.5. The first-order chi connectivity index (χ1) is 13.1. The van der Waals surface area contributed by atoms with Crippen LogP contribution in [-0.4, -0.2) is 19.6 Å². The summed E-state index contributed by atoms with van der Waals surface area (Å²) in [5.74, 6) is 1.35. The zero-order chi connectivity index (χ0) is 19.2. The summed E-state index contributed by atoms with van der Waals surface area (Å²) in [6.45, 7) is 4.68. The highest BCUT2D eigenvalue weighted by atomic mass is 16.5. The van der Waals surface area contributed by atoms with E-state index < -0.39 is 0 Å². The lowest BCUT2D eigenvalue weighted by Gasteiger charge is -2.14. The van der Waals surface area contributed by atoms with Crippen LogP contribution < -0.4 is 14.8 Å². The van der Waals surface area contributed by atoms with Gasteiger partial charge in [-0.25, -0.2) is 0 Å². The molecule has 3 aromatic carbocycles. The molecule has 0 heterocycles. The molecule has 0 aliphatic carbocycles. The van der Waals surface area contributed by atoms with Crippen LogP contribution in [0, 0.1) is 0 Å². The molecule has 4 heteroatoms. The highest BCUT2D eigenvalue weighted by Gasteiger charge is 2.16. The van der Waals surface area contributed by atoms with Gasteiger partial charge in [0.2, 0.25) is 5.91 Å². The number of hydrogen-bond acceptors (Lipinski definition) is 3. The van der Waals surface area contributed by atoms with E-state index >= 15 is 0 Å². The third kappa shape index (κ3) is 4.59. The largest absolute Gasteiger partial charge is 0.497 e. The molecule has 1 amide bonds. The maximum Gasteiger partial charge on any atom is 0.231 e. The maximum absolute atomic E-state index is 12.6. The quantitative estimate of drug-likeness (QED) is 0.613. The Bertz CT molecular complexity index is 919. The average Bonchev–Trinajstić information content (AvgIpc) is 2.71. The number of rotatable bonds is 7. The molecular formula is C23H25NO3. The number of amides is 1. The van der Waals surface area contributed by atoms with Gasteiger partial charge < -0.3 is 14.8 Å². The fraction of sp³-hybridized carbons (Fsp3) is 0.261. The predicted octanol–water partition coefficient (Wildman–Crippen LogP) is 5.38. The lowest BCUT2D eigenvalue weighted by molar-refractivity contribution is -0.117. The Hall–Kier alpha value is -3.01. The summed E-state index contributed by atoms with van der Waals surface area (Å²) in [4.78, 5) is 12.6. The number of nitrogens with one attached hydrogen (secondary N) is 1. The molecule has 27 heavy (non-hydrogen) atoms. The van der Waals surface area contributed by atoms with Crippen LogP contribution in [-0.2, 0) is 4.79 Å². The topological polar surface area (TPSA) is 47.6 Å². The Morgan fingerprint density at radius 3 is 2.33 bits per heavy atom. The van der Waals surface area contributed by atoms with Gasteiger partial charge in [-0.3, -0.25) is 4.79 Å². The molecule has 3 rings (SSSR count). The molecule has 0 aromatic heterocycles. The van der Waals surface area contributed by atoms with E-state index in [1.807, 2.05) is 61.5 Å². The summed E-state index contributed by atoms with van der Waals surface area (Å²) in [7, 11) is 1.66. The standard InChI is InChI=1S/C23H25NO3/c1-4-13-27-21-11-8-20(9-12-21)24-23(25)16(2)17-5-6-19-15-22(26-3)10-7-18(19)14-17/h5-12,14-16H,4,13H2,1-3H3,(H,24,25)/t16-/m0/s1. The molecular weight excluding hydrogens is 338 g/mol. The van der Waals surface area contributed by atoms with Gasteiger partial charge >= 0.3 is 0 Å². The van der Waals surface area contributed by atoms with Crippen LogP contribution >= 0.6 is 0 Å². The summed E-state index contributed by atoms with van der Waals surface area (Å²) >= 11 is 0. The smallest absolute Gasteiger partial charge is 0.231 e. The molecule has 0 spiro atoms. The first-order valence-corrected chi connectivity index (χ1v) is 9.22. The van der Waals surface area contributed by atoms with Crippen molar-refractivity contribution in [1.29, 1.82) is 0 Å². The van der Waals surface area contributed by atoms with Crippen LogP contribution in [0.15, 0.2) is 60.7 Å².